The number of piperidine rings is 1. The van der Waals surface area contributed by atoms with E-state index in [1.807, 2.05) is 0 Å². The second-order valence-electron chi connectivity index (χ2n) is 5.36. The third-order valence-corrected chi connectivity index (χ3v) is 4.03. The first-order chi connectivity index (χ1) is 9.52. The number of hydrogen-bond donors (Lipinski definition) is 1. The third-order valence-electron chi connectivity index (χ3n) is 4.03. The maximum atomic E-state index is 12.3. The lowest BCUT2D eigenvalue weighted by molar-refractivity contribution is -0.145. The number of carbonyl (C=O) groups excluding carboxylic acids is 2. The Balaban J connectivity index is 1.91. The molecule has 2 amide bonds. The van der Waals surface area contributed by atoms with Gasteiger partial charge in [-0.15, -0.1) is 0 Å². The molecule has 0 saturated carbocycles. The summed E-state index contributed by atoms with van der Waals surface area (Å²) in [6.45, 7) is 1.72. The smallest absolute Gasteiger partial charge is 0.320 e. The van der Waals surface area contributed by atoms with Gasteiger partial charge in [0.15, 0.2) is 0 Å². The maximum absolute atomic E-state index is 12.3. The van der Waals surface area contributed by atoms with Crippen molar-refractivity contribution in [2.24, 2.45) is 11.8 Å². The van der Waals surface area contributed by atoms with E-state index < -0.39 is 11.9 Å². The number of carboxylic acids is 1. The van der Waals surface area contributed by atoms with Gasteiger partial charge in [0.25, 0.3) is 0 Å². The van der Waals surface area contributed by atoms with Crippen LogP contribution in [0.1, 0.15) is 19.3 Å². The van der Waals surface area contributed by atoms with Crippen LogP contribution in [0.25, 0.3) is 0 Å². The Kier molecular flexibility index (Phi) is 4.46. The molecule has 2 atom stereocenters. The Morgan fingerprint density at radius 2 is 1.70 bits per heavy atom. The molecule has 0 aromatic rings. The monoisotopic (exact) mass is 284 g/mol. The van der Waals surface area contributed by atoms with Crippen LogP contribution in [-0.2, 0) is 14.3 Å². The molecule has 0 aliphatic carbocycles. The van der Waals surface area contributed by atoms with Gasteiger partial charge in [0, 0.05) is 26.2 Å². The number of methoxy groups -OCH3 is 1. The number of carbonyl (C=O) groups is 3. The predicted molar refractivity (Wildman–Crippen MR) is 69.0 cm³/mol. The van der Waals surface area contributed by atoms with Crippen LogP contribution in [0.5, 0.6) is 0 Å². The molecule has 1 N–H and O–H groups in total. The SMILES string of the molecule is COC(=O)C1CCN(C(=O)N2CCC[C@H](C(=O)O)C2)C1. The number of amides is 2. The van der Waals surface area contributed by atoms with Crippen molar-refractivity contribution in [2.75, 3.05) is 33.3 Å². The second kappa shape index (κ2) is 6.11. The van der Waals surface area contributed by atoms with E-state index in [0.717, 1.165) is 0 Å². The van der Waals surface area contributed by atoms with Crippen molar-refractivity contribution in [1.29, 1.82) is 0 Å². The van der Waals surface area contributed by atoms with Gasteiger partial charge >= 0.3 is 18.0 Å². The molecule has 2 fully saturated rings. The highest BCUT2D eigenvalue weighted by molar-refractivity contribution is 5.79. The van der Waals surface area contributed by atoms with E-state index in [2.05, 4.69) is 4.74 Å². The molecule has 2 aliphatic rings. The van der Waals surface area contributed by atoms with Gasteiger partial charge in [0.05, 0.1) is 18.9 Å². The van der Waals surface area contributed by atoms with Gasteiger partial charge in [-0.1, -0.05) is 0 Å². The van der Waals surface area contributed by atoms with Crippen molar-refractivity contribution in [1.82, 2.24) is 9.80 Å². The number of likely N-dealkylation sites (tertiary alicyclic amines) is 2. The molecule has 0 radical (unpaired) electrons. The molecule has 2 heterocycles. The lowest BCUT2D eigenvalue weighted by atomic mass is 9.99. The molecule has 20 heavy (non-hydrogen) atoms. The van der Waals surface area contributed by atoms with E-state index in [1.54, 1.807) is 9.80 Å². The van der Waals surface area contributed by atoms with E-state index in [9.17, 15) is 14.4 Å². The zero-order valence-electron chi connectivity index (χ0n) is 11.6. The number of hydrogen-bond acceptors (Lipinski definition) is 4. The van der Waals surface area contributed by atoms with Crippen LogP contribution in [0.3, 0.4) is 0 Å². The van der Waals surface area contributed by atoms with Gasteiger partial charge in [0.1, 0.15) is 0 Å². The summed E-state index contributed by atoms with van der Waals surface area (Å²) in [4.78, 5) is 38.0. The van der Waals surface area contributed by atoms with Gasteiger partial charge in [0.2, 0.25) is 0 Å². The van der Waals surface area contributed by atoms with Crippen LogP contribution < -0.4 is 0 Å². The van der Waals surface area contributed by atoms with Crippen molar-refractivity contribution < 1.29 is 24.2 Å². The summed E-state index contributed by atoms with van der Waals surface area (Å²) in [7, 11) is 1.34. The fourth-order valence-electron chi connectivity index (χ4n) is 2.85. The maximum Gasteiger partial charge on any atom is 0.320 e. The molecule has 0 bridgehead atoms. The molecule has 0 spiro atoms. The molecule has 0 aromatic carbocycles. The molecular weight excluding hydrogens is 264 g/mol. The molecule has 2 rings (SSSR count). The summed E-state index contributed by atoms with van der Waals surface area (Å²) in [5.74, 6) is -1.88. The molecule has 112 valence electrons. The van der Waals surface area contributed by atoms with Gasteiger partial charge in [-0.05, 0) is 19.3 Å². The molecule has 7 heteroatoms. The van der Waals surface area contributed by atoms with E-state index in [0.29, 0.717) is 38.9 Å². The fourth-order valence-corrected chi connectivity index (χ4v) is 2.85. The highest BCUT2D eigenvalue weighted by Gasteiger charge is 2.36. The summed E-state index contributed by atoms with van der Waals surface area (Å²) in [6, 6.07) is -0.164. The van der Waals surface area contributed by atoms with Gasteiger partial charge in [-0.2, -0.15) is 0 Å². The van der Waals surface area contributed by atoms with Crippen LogP contribution in [0, 0.1) is 11.8 Å². The third kappa shape index (κ3) is 3.02. The summed E-state index contributed by atoms with van der Waals surface area (Å²) in [6.07, 6.45) is 1.93. The lowest BCUT2D eigenvalue weighted by Gasteiger charge is -2.33. The van der Waals surface area contributed by atoms with E-state index in [-0.39, 0.29) is 24.5 Å². The molecule has 1 unspecified atom stereocenters. The summed E-state index contributed by atoms with van der Waals surface area (Å²) >= 11 is 0. The normalized spacial score (nSPS) is 26.4. The Labute approximate surface area is 117 Å². The standard InChI is InChI=1S/C13H20N2O5/c1-20-12(18)10-4-6-15(8-10)13(19)14-5-2-3-9(7-14)11(16)17/h9-10H,2-8H2,1H3,(H,16,17)/t9-,10?/m0/s1. The Morgan fingerprint density at radius 3 is 2.35 bits per heavy atom. The highest BCUT2D eigenvalue weighted by atomic mass is 16.5. The molecule has 2 saturated heterocycles. The quantitative estimate of drug-likeness (QED) is 0.742. The van der Waals surface area contributed by atoms with Crippen molar-refractivity contribution >= 4 is 18.0 Å². The van der Waals surface area contributed by atoms with Crippen molar-refractivity contribution in [3.05, 3.63) is 0 Å². The summed E-state index contributed by atoms with van der Waals surface area (Å²) < 4.78 is 4.69. The first-order valence-electron chi connectivity index (χ1n) is 6.87. The fraction of sp³-hybridized carbons (Fsp3) is 0.769. The average Bonchev–Trinajstić information content (AvgIpc) is 2.95. The lowest BCUT2D eigenvalue weighted by Crippen LogP contribution is -2.48. The number of ether oxygens (including phenoxy) is 1. The summed E-state index contributed by atoms with van der Waals surface area (Å²) in [5, 5.41) is 9.04. The number of carboxylic acid groups (broad SMARTS) is 1. The number of nitrogens with zero attached hydrogens (tertiary/aromatic N) is 2. The number of esters is 1. The van der Waals surface area contributed by atoms with Crippen molar-refractivity contribution in [3.8, 4) is 0 Å². The minimum atomic E-state index is -0.851. The number of rotatable bonds is 2. The largest absolute Gasteiger partial charge is 0.481 e. The van der Waals surface area contributed by atoms with Gasteiger partial charge in [-0.25, -0.2) is 4.79 Å². The van der Waals surface area contributed by atoms with Crippen LogP contribution >= 0.6 is 0 Å². The first-order valence-corrected chi connectivity index (χ1v) is 6.87. The predicted octanol–water partition coefficient (Wildman–Crippen LogP) is 0.398. The van der Waals surface area contributed by atoms with E-state index >= 15 is 0 Å². The zero-order valence-corrected chi connectivity index (χ0v) is 11.6. The average molecular weight is 284 g/mol. The minimum Gasteiger partial charge on any atom is -0.481 e. The van der Waals surface area contributed by atoms with Gasteiger partial charge < -0.3 is 19.6 Å². The van der Waals surface area contributed by atoms with E-state index in [1.165, 1.54) is 7.11 Å². The Bertz CT molecular complexity index is 412. The van der Waals surface area contributed by atoms with E-state index in [4.69, 9.17) is 5.11 Å². The Hall–Kier alpha value is -1.79. The first kappa shape index (κ1) is 14.6. The molecule has 2 aliphatic heterocycles. The van der Waals surface area contributed by atoms with Crippen LogP contribution in [0.2, 0.25) is 0 Å². The van der Waals surface area contributed by atoms with Crippen LogP contribution in [-0.4, -0.2) is 66.2 Å². The number of urea groups is 1. The molecule has 7 nitrogen and oxygen atoms in total. The van der Waals surface area contributed by atoms with Crippen molar-refractivity contribution in [2.45, 2.75) is 19.3 Å². The second-order valence-corrected chi connectivity index (χ2v) is 5.36. The van der Waals surface area contributed by atoms with Crippen LogP contribution in [0.15, 0.2) is 0 Å². The topological polar surface area (TPSA) is 87.2 Å². The van der Waals surface area contributed by atoms with Gasteiger partial charge in [-0.3, -0.25) is 9.59 Å². The van der Waals surface area contributed by atoms with Crippen LogP contribution in [0.4, 0.5) is 4.79 Å². The highest BCUT2D eigenvalue weighted by Crippen LogP contribution is 2.22. The zero-order chi connectivity index (χ0) is 14.7. The number of aliphatic carboxylic acids is 1. The van der Waals surface area contributed by atoms with Crippen molar-refractivity contribution in [3.63, 3.8) is 0 Å². The minimum absolute atomic E-state index is 0.164. The molecule has 0 aromatic heterocycles. The summed E-state index contributed by atoms with van der Waals surface area (Å²) in [5.41, 5.74) is 0. The Morgan fingerprint density at radius 1 is 1.05 bits per heavy atom. The molecular formula is C13H20N2O5.